The number of nitrogens with zero attached hydrogens (tertiary/aromatic N) is 1. The molecule has 4 nitrogen and oxygen atoms in total. The molecule has 98 valence electrons. The third-order valence-electron chi connectivity index (χ3n) is 2.59. The molecule has 1 aromatic heterocycles. The minimum absolute atomic E-state index is 0.422. The highest BCUT2D eigenvalue weighted by atomic mass is 32.2. The first kappa shape index (κ1) is 13.4. The van der Waals surface area contributed by atoms with E-state index >= 15 is 0 Å². The Bertz CT molecular complexity index is 620. The van der Waals surface area contributed by atoms with Crippen LogP contribution in [0.5, 0.6) is 0 Å². The molecule has 0 bridgehead atoms. The zero-order valence-corrected chi connectivity index (χ0v) is 11.6. The van der Waals surface area contributed by atoms with Crippen LogP contribution in [0.2, 0.25) is 0 Å². The first-order valence-electron chi connectivity index (χ1n) is 5.79. The lowest BCUT2D eigenvalue weighted by molar-refractivity contribution is 0.0997. The number of pyridine rings is 1. The van der Waals surface area contributed by atoms with Gasteiger partial charge in [-0.2, -0.15) is 0 Å². The highest BCUT2D eigenvalue weighted by molar-refractivity contribution is 7.99. The number of rotatable bonds is 3. The molecule has 0 saturated heterocycles. The average molecular weight is 273 g/mol. The smallest absolute Gasteiger partial charge is 0.249 e. The zero-order valence-electron chi connectivity index (χ0n) is 10.8. The molecule has 0 fully saturated rings. The van der Waals surface area contributed by atoms with Crippen molar-refractivity contribution in [3.63, 3.8) is 0 Å². The summed E-state index contributed by atoms with van der Waals surface area (Å²) in [5.74, 6) is -0.487. The molecule has 1 amide bonds. The first-order chi connectivity index (χ1) is 8.97. The van der Waals surface area contributed by atoms with Crippen molar-refractivity contribution in [3.05, 3.63) is 47.2 Å². The Morgan fingerprint density at radius 2 is 2.00 bits per heavy atom. The molecule has 0 radical (unpaired) electrons. The molecule has 2 aromatic rings. The quantitative estimate of drug-likeness (QED) is 0.842. The molecule has 0 aliphatic carbocycles. The van der Waals surface area contributed by atoms with E-state index in [0.29, 0.717) is 16.1 Å². The van der Waals surface area contributed by atoms with E-state index in [9.17, 15) is 4.79 Å². The van der Waals surface area contributed by atoms with E-state index in [-0.39, 0.29) is 0 Å². The monoisotopic (exact) mass is 273 g/mol. The normalized spacial score (nSPS) is 10.4. The second kappa shape index (κ2) is 5.32. The van der Waals surface area contributed by atoms with Crippen LogP contribution in [0.4, 0.5) is 5.69 Å². The molecule has 0 saturated carbocycles. The minimum Gasteiger partial charge on any atom is -0.398 e. The molecule has 19 heavy (non-hydrogen) atoms. The molecule has 0 aliphatic rings. The van der Waals surface area contributed by atoms with Crippen LogP contribution in [0.1, 0.15) is 21.6 Å². The summed E-state index contributed by atoms with van der Waals surface area (Å²) in [4.78, 5) is 16.5. The second-order valence-corrected chi connectivity index (χ2v) is 5.35. The minimum atomic E-state index is -0.487. The van der Waals surface area contributed by atoms with E-state index in [0.717, 1.165) is 16.3 Å². The maximum atomic E-state index is 11.4. The Morgan fingerprint density at radius 1 is 1.26 bits per heavy atom. The predicted molar refractivity (Wildman–Crippen MR) is 77.2 cm³/mol. The van der Waals surface area contributed by atoms with E-state index < -0.39 is 5.91 Å². The fraction of sp³-hybridized carbons (Fsp3) is 0.143. The third-order valence-corrected chi connectivity index (χ3v) is 3.67. The van der Waals surface area contributed by atoms with Gasteiger partial charge in [0.05, 0.1) is 5.56 Å². The van der Waals surface area contributed by atoms with Gasteiger partial charge >= 0.3 is 0 Å². The predicted octanol–water partition coefficient (Wildman–Crippen LogP) is 2.53. The lowest BCUT2D eigenvalue weighted by Gasteiger charge is -2.10. The summed E-state index contributed by atoms with van der Waals surface area (Å²) in [6.07, 6.45) is 0. The average Bonchev–Trinajstić information content (AvgIpc) is 2.30. The van der Waals surface area contributed by atoms with Crippen molar-refractivity contribution in [2.75, 3.05) is 5.73 Å². The molecular formula is C14H15N3OS. The van der Waals surface area contributed by atoms with Crippen molar-refractivity contribution in [2.45, 2.75) is 23.8 Å². The molecule has 0 spiro atoms. The van der Waals surface area contributed by atoms with Crippen LogP contribution in [0.15, 0.2) is 40.3 Å². The largest absolute Gasteiger partial charge is 0.398 e. The fourth-order valence-electron chi connectivity index (χ4n) is 1.82. The summed E-state index contributed by atoms with van der Waals surface area (Å²) in [6.45, 7) is 3.93. The maximum absolute atomic E-state index is 11.4. The van der Waals surface area contributed by atoms with Crippen LogP contribution in [-0.4, -0.2) is 10.9 Å². The highest BCUT2D eigenvalue weighted by Crippen LogP contribution is 2.34. The van der Waals surface area contributed by atoms with E-state index in [4.69, 9.17) is 11.5 Å². The van der Waals surface area contributed by atoms with Crippen LogP contribution >= 0.6 is 11.8 Å². The van der Waals surface area contributed by atoms with Crippen molar-refractivity contribution < 1.29 is 4.79 Å². The second-order valence-electron chi connectivity index (χ2n) is 4.31. The summed E-state index contributed by atoms with van der Waals surface area (Å²) >= 11 is 1.36. The molecule has 2 rings (SSSR count). The van der Waals surface area contributed by atoms with Gasteiger partial charge in [0.25, 0.3) is 0 Å². The van der Waals surface area contributed by atoms with Crippen LogP contribution in [0.25, 0.3) is 0 Å². The van der Waals surface area contributed by atoms with Crippen LogP contribution < -0.4 is 11.5 Å². The Morgan fingerprint density at radius 3 is 2.63 bits per heavy atom. The summed E-state index contributed by atoms with van der Waals surface area (Å²) < 4.78 is 0. The number of amides is 1. The lowest BCUT2D eigenvalue weighted by Crippen LogP contribution is -2.13. The summed E-state index contributed by atoms with van der Waals surface area (Å²) in [5, 5.41) is 0.804. The number of nitrogen functional groups attached to an aromatic ring is 1. The Hall–Kier alpha value is -2.01. The van der Waals surface area contributed by atoms with Gasteiger partial charge in [0.2, 0.25) is 5.91 Å². The van der Waals surface area contributed by atoms with Gasteiger partial charge in [-0.15, -0.1) is 0 Å². The number of aryl methyl sites for hydroxylation is 2. The molecule has 0 atom stereocenters. The van der Waals surface area contributed by atoms with Gasteiger partial charge in [0.1, 0.15) is 5.03 Å². The van der Waals surface area contributed by atoms with E-state index in [1.165, 1.54) is 11.8 Å². The van der Waals surface area contributed by atoms with Crippen LogP contribution in [0.3, 0.4) is 0 Å². The molecule has 1 aromatic carbocycles. The maximum Gasteiger partial charge on any atom is 0.249 e. The highest BCUT2D eigenvalue weighted by Gasteiger charge is 2.13. The number of anilines is 1. The van der Waals surface area contributed by atoms with E-state index in [1.807, 2.05) is 26.0 Å². The van der Waals surface area contributed by atoms with Crippen LogP contribution in [-0.2, 0) is 0 Å². The Kier molecular flexibility index (Phi) is 3.76. The number of aromatic nitrogens is 1. The molecule has 1 heterocycles. The lowest BCUT2D eigenvalue weighted by atomic mass is 10.2. The van der Waals surface area contributed by atoms with Gasteiger partial charge in [-0.05, 0) is 43.7 Å². The first-order valence-corrected chi connectivity index (χ1v) is 6.60. The fourth-order valence-corrected chi connectivity index (χ4v) is 2.93. The number of hydrogen-bond donors (Lipinski definition) is 2. The number of carbonyl (C=O) groups excluding carboxylic acids is 1. The summed E-state index contributed by atoms with van der Waals surface area (Å²) in [7, 11) is 0. The zero-order chi connectivity index (χ0) is 14.0. The van der Waals surface area contributed by atoms with Crippen molar-refractivity contribution in [3.8, 4) is 0 Å². The van der Waals surface area contributed by atoms with E-state index in [2.05, 4.69) is 4.98 Å². The van der Waals surface area contributed by atoms with E-state index in [1.54, 1.807) is 18.2 Å². The van der Waals surface area contributed by atoms with Crippen molar-refractivity contribution in [1.29, 1.82) is 0 Å². The standard InChI is InChI=1S/C14H15N3OS/c1-8-6-9(2)17-12(7-8)19-13-10(14(16)18)4-3-5-11(13)15/h3-7H,15H2,1-2H3,(H2,16,18). The Balaban J connectivity index is 2.45. The molecule has 5 heteroatoms. The van der Waals surface area contributed by atoms with Gasteiger partial charge in [-0.1, -0.05) is 17.8 Å². The summed E-state index contributed by atoms with van der Waals surface area (Å²) in [6, 6.07) is 9.08. The Labute approximate surface area is 116 Å². The number of benzene rings is 1. The van der Waals surface area contributed by atoms with Gasteiger partial charge < -0.3 is 11.5 Å². The van der Waals surface area contributed by atoms with Crippen molar-refractivity contribution in [2.24, 2.45) is 5.73 Å². The van der Waals surface area contributed by atoms with Gasteiger partial charge in [0, 0.05) is 16.3 Å². The van der Waals surface area contributed by atoms with Gasteiger partial charge in [0.15, 0.2) is 0 Å². The van der Waals surface area contributed by atoms with Crippen molar-refractivity contribution >= 4 is 23.4 Å². The summed E-state index contributed by atoms with van der Waals surface area (Å²) in [5.41, 5.74) is 14.3. The van der Waals surface area contributed by atoms with Gasteiger partial charge in [-0.25, -0.2) is 4.98 Å². The number of hydrogen-bond acceptors (Lipinski definition) is 4. The number of nitrogens with two attached hydrogens (primary N) is 2. The van der Waals surface area contributed by atoms with Crippen LogP contribution in [0, 0.1) is 13.8 Å². The molecular weight excluding hydrogens is 258 g/mol. The topological polar surface area (TPSA) is 82.0 Å². The SMILES string of the molecule is Cc1cc(C)nc(Sc2c(N)cccc2C(N)=O)c1. The molecule has 4 N–H and O–H groups in total. The van der Waals surface area contributed by atoms with Crippen molar-refractivity contribution in [1.82, 2.24) is 4.98 Å². The van der Waals surface area contributed by atoms with Gasteiger partial charge in [-0.3, -0.25) is 4.79 Å². The molecule has 0 unspecified atom stereocenters. The molecule has 0 aliphatic heterocycles. The third kappa shape index (κ3) is 3.06. The number of primary amides is 1. The number of carbonyl (C=O) groups is 1.